The molecule has 0 aliphatic heterocycles. The average molecular weight is 155 g/mol. The average Bonchev–Trinajstić information content (AvgIpc) is 2.10. The number of hydrogen-bond acceptors (Lipinski definition) is 1. The fraction of sp³-hybridized carbons (Fsp3) is 0.667. The van der Waals surface area contributed by atoms with Gasteiger partial charge in [0.1, 0.15) is 0 Å². The molecule has 0 fully saturated rings. The largest absolute Gasteiger partial charge is 0.369 e. The molecule has 0 saturated carbocycles. The van der Waals surface area contributed by atoms with Crippen LogP contribution in [0.5, 0.6) is 0 Å². The minimum absolute atomic E-state index is 0.0127. The van der Waals surface area contributed by atoms with E-state index in [0.29, 0.717) is 0 Å². The van der Waals surface area contributed by atoms with Crippen LogP contribution in [0, 0.1) is 5.92 Å². The molecule has 1 unspecified atom stereocenters. The number of carbonyl (C=O) groups is 1. The molecule has 1 aliphatic carbocycles. The van der Waals surface area contributed by atoms with E-state index in [1.165, 1.54) is 0 Å². The second-order valence-electron chi connectivity index (χ2n) is 2.37. The summed E-state index contributed by atoms with van der Waals surface area (Å²) in [5.74, 6) is -0.176. The van der Waals surface area contributed by atoms with Gasteiger partial charge in [0.25, 0.3) is 0 Å². The molecular weight excluding hydrogens is 138 g/mol. The van der Waals surface area contributed by atoms with Crippen molar-refractivity contribution in [1.29, 1.82) is 0 Å². The fourth-order valence-electron chi connectivity index (χ4n) is 1.05. The summed E-state index contributed by atoms with van der Waals surface area (Å²) in [5, 5.41) is 0. The van der Waals surface area contributed by atoms with Gasteiger partial charge < -0.3 is 5.73 Å². The van der Waals surface area contributed by atoms with Crippen LogP contribution in [0.4, 0.5) is 0 Å². The second kappa shape index (κ2) is 5.96. The first-order valence-electron chi connectivity index (χ1n) is 4.26. The third-order valence-electron chi connectivity index (χ3n) is 1.62. The summed E-state index contributed by atoms with van der Waals surface area (Å²) in [6.07, 6.45) is 7.07. The molecule has 64 valence electrons. The van der Waals surface area contributed by atoms with Crippen LogP contribution >= 0.6 is 0 Å². The highest BCUT2D eigenvalue weighted by Crippen LogP contribution is 2.15. The van der Waals surface area contributed by atoms with Crippen LogP contribution in [0.2, 0.25) is 0 Å². The maximum absolute atomic E-state index is 10.5. The number of amides is 1. The normalized spacial score (nSPS) is 21.8. The SMILES string of the molecule is CC.NC(=O)C1C=CCCC1. The molecule has 1 amide bonds. The number of allylic oxidation sites excluding steroid dienone is 1. The van der Waals surface area contributed by atoms with Gasteiger partial charge in [-0.2, -0.15) is 0 Å². The van der Waals surface area contributed by atoms with Crippen LogP contribution in [0.1, 0.15) is 33.1 Å². The summed E-state index contributed by atoms with van der Waals surface area (Å²) >= 11 is 0. The summed E-state index contributed by atoms with van der Waals surface area (Å²) in [4.78, 5) is 10.5. The number of primary amides is 1. The van der Waals surface area contributed by atoms with Gasteiger partial charge in [0.05, 0.1) is 5.92 Å². The molecule has 0 heterocycles. The minimum atomic E-state index is -0.189. The van der Waals surface area contributed by atoms with E-state index in [4.69, 9.17) is 5.73 Å². The van der Waals surface area contributed by atoms with Crippen molar-refractivity contribution in [2.45, 2.75) is 33.1 Å². The maximum atomic E-state index is 10.5. The van der Waals surface area contributed by atoms with E-state index < -0.39 is 0 Å². The van der Waals surface area contributed by atoms with E-state index >= 15 is 0 Å². The Kier molecular flexibility index (Phi) is 5.53. The zero-order valence-corrected chi connectivity index (χ0v) is 7.34. The lowest BCUT2D eigenvalue weighted by atomic mass is 9.96. The molecule has 0 radical (unpaired) electrons. The van der Waals surface area contributed by atoms with Gasteiger partial charge in [-0.1, -0.05) is 26.0 Å². The lowest BCUT2D eigenvalue weighted by Gasteiger charge is -2.10. The molecule has 0 saturated heterocycles. The van der Waals surface area contributed by atoms with Crippen molar-refractivity contribution in [2.24, 2.45) is 11.7 Å². The van der Waals surface area contributed by atoms with Crippen molar-refractivity contribution in [3.05, 3.63) is 12.2 Å². The highest BCUT2D eigenvalue weighted by Gasteiger charge is 2.12. The van der Waals surface area contributed by atoms with Crippen LogP contribution in [-0.2, 0) is 4.79 Å². The molecule has 2 heteroatoms. The Labute approximate surface area is 68.5 Å². The predicted molar refractivity (Wildman–Crippen MR) is 47.0 cm³/mol. The topological polar surface area (TPSA) is 43.1 Å². The second-order valence-corrected chi connectivity index (χ2v) is 2.37. The molecule has 0 aromatic carbocycles. The molecular formula is C9H17NO. The summed E-state index contributed by atoms with van der Waals surface area (Å²) in [5.41, 5.74) is 5.08. The Morgan fingerprint density at radius 3 is 2.45 bits per heavy atom. The molecule has 0 bridgehead atoms. The zero-order valence-electron chi connectivity index (χ0n) is 7.34. The third-order valence-corrected chi connectivity index (χ3v) is 1.62. The van der Waals surface area contributed by atoms with Gasteiger partial charge in [-0.3, -0.25) is 4.79 Å². The molecule has 1 atom stereocenters. The molecule has 0 spiro atoms. The van der Waals surface area contributed by atoms with Gasteiger partial charge in [0.15, 0.2) is 0 Å². The molecule has 11 heavy (non-hydrogen) atoms. The standard InChI is InChI=1S/C7H11NO.C2H6/c8-7(9)6-4-2-1-3-5-6;1-2/h2,4,6H,1,3,5H2,(H2,8,9);1-2H3. The first kappa shape index (κ1) is 10.2. The lowest BCUT2D eigenvalue weighted by molar-refractivity contribution is -0.120. The zero-order chi connectivity index (χ0) is 8.69. The van der Waals surface area contributed by atoms with Crippen LogP contribution in [-0.4, -0.2) is 5.91 Å². The third kappa shape index (κ3) is 3.81. The van der Waals surface area contributed by atoms with Gasteiger partial charge in [-0.15, -0.1) is 0 Å². The first-order chi connectivity index (χ1) is 5.30. The van der Waals surface area contributed by atoms with E-state index in [1.807, 2.05) is 26.0 Å². The maximum Gasteiger partial charge on any atom is 0.224 e. The molecule has 2 N–H and O–H groups in total. The molecule has 1 rings (SSSR count). The number of hydrogen-bond donors (Lipinski definition) is 1. The summed E-state index contributed by atoms with van der Waals surface area (Å²) in [6, 6.07) is 0. The molecule has 2 nitrogen and oxygen atoms in total. The monoisotopic (exact) mass is 155 g/mol. The highest BCUT2D eigenvalue weighted by atomic mass is 16.1. The van der Waals surface area contributed by atoms with Crippen LogP contribution < -0.4 is 5.73 Å². The fourth-order valence-corrected chi connectivity index (χ4v) is 1.05. The Balaban J connectivity index is 0.000000461. The number of carbonyl (C=O) groups excluding carboxylic acids is 1. The van der Waals surface area contributed by atoms with Crippen LogP contribution in [0.15, 0.2) is 12.2 Å². The van der Waals surface area contributed by atoms with Crippen molar-refractivity contribution in [2.75, 3.05) is 0 Å². The quantitative estimate of drug-likeness (QED) is 0.577. The van der Waals surface area contributed by atoms with E-state index in [0.717, 1.165) is 19.3 Å². The minimum Gasteiger partial charge on any atom is -0.369 e. The Hall–Kier alpha value is -0.790. The van der Waals surface area contributed by atoms with E-state index in [-0.39, 0.29) is 11.8 Å². The Morgan fingerprint density at radius 2 is 2.18 bits per heavy atom. The van der Waals surface area contributed by atoms with E-state index in [9.17, 15) is 4.79 Å². The molecule has 1 aliphatic rings. The summed E-state index contributed by atoms with van der Waals surface area (Å²) < 4.78 is 0. The Bertz CT molecular complexity index is 140. The molecule has 0 aromatic heterocycles. The van der Waals surface area contributed by atoms with Gasteiger partial charge in [0.2, 0.25) is 5.91 Å². The number of nitrogens with two attached hydrogens (primary N) is 1. The smallest absolute Gasteiger partial charge is 0.224 e. The summed E-state index contributed by atoms with van der Waals surface area (Å²) in [7, 11) is 0. The van der Waals surface area contributed by atoms with Gasteiger partial charge in [-0.25, -0.2) is 0 Å². The van der Waals surface area contributed by atoms with Gasteiger partial charge in [0, 0.05) is 0 Å². The lowest BCUT2D eigenvalue weighted by Crippen LogP contribution is -2.22. The number of rotatable bonds is 1. The van der Waals surface area contributed by atoms with Crippen LogP contribution in [0.3, 0.4) is 0 Å². The van der Waals surface area contributed by atoms with E-state index in [2.05, 4.69) is 0 Å². The van der Waals surface area contributed by atoms with Crippen molar-refractivity contribution < 1.29 is 4.79 Å². The van der Waals surface area contributed by atoms with Crippen molar-refractivity contribution in [3.8, 4) is 0 Å². The van der Waals surface area contributed by atoms with Gasteiger partial charge >= 0.3 is 0 Å². The van der Waals surface area contributed by atoms with Gasteiger partial charge in [-0.05, 0) is 19.3 Å². The highest BCUT2D eigenvalue weighted by molar-refractivity contribution is 5.78. The Morgan fingerprint density at radius 1 is 1.55 bits per heavy atom. The first-order valence-corrected chi connectivity index (χ1v) is 4.26. The predicted octanol–water partition coefficient (Wildman–Crippen LogP) is 1.85. The van der Waals surface area contributed by atoms with Crippen molar-refractivity contribution in [3.63, 3.8) is 0 Å². The van der Waals surface area contributed by atoms with Crippen molar-refractivity contribution >= 4 is 5.91 Å². The summed E-state index contributed by atoms with van der Waals surface area (Å²) in [6.45, 7) is 4.00. The van der Waals surface area contributed by atoms with Crippen LogP contribution in [0.25, 0.3) is 0 Å². The molecule has 0 aromatic rings. The van der Waals surface area contributed by atoms with Crippen molar-refractivity contribution in [1.82, 2.24) is 0 Å². The van der Waals surface area contributed by atoms with E-state index in [1.54, 1.807) is 0 Å².